The summed E-state index contributed by atoms with van der Waals surface area (Å²) in [5.41, 5.74) is 4.07. The minimum Gasteiger partial charge on any atom is -0.323 e. The molecule has 0 aromatic heterocycles. The van der Waals surface area contributed by atoms with Gasteiger partial charge in [0.15, 0.2) is 0 Å². The fraction of sp³-hybridized carbons (Fsp3) is 0.484. The van der Waals surface area contributed by atoms with E-state index in [0.29, 0.717) is 0 Å². The molecule has 0 spiro atoms. The van der Waals surface area contributed by atoms with Crippen molar-refractivity contribution >= 4 is 29.3 Å². The molecule has 0 atom stereocenters. The molecule has 2 aromatic carbocycles. The first-order valence-electron chi connectivity index (χ1n) is 13.8. The molecular weight excluding hydrogens is 446 g/mol. The Morgan fingerprint density at radius 2 is 1.69 bits per heavy atom. The van der Waals surface area contributed by atoms with Crippen LogP contribution in [-0.4, -0.2) is 55.1 Å². The fourth-order valence-electron chi connectivity index (χ4n) is 6.65. The Bertz CT molecular complexity index is 1110. The first-order chi connectivity index (χ1) is 17.4. The third-order valence-electron chi connectivity index (χ3n) is 8.85. The molecule has 2 aliphatic heterocycles. The van der Waals surface area contributed by atoms with Crippen molar-refractivity contribution < 1.29 is 14.1 Å². The van der Waals surface area contributed by atoms with Crippen LogP contribution in [0.5, 0.6) is 0 Å². The van der Waals surface area contributed by atoms with Gasteiger partial charge in [0, 0.05) is 49.8 Å². The highest BCUT2D eigenvalue weighted by atomic mass is 16.2. The van der Waals surface area contributed by atoms with Crippen LogP contribution in [0.2, 0.25) is 0 Å². The van der Waals surface area contributed by atoms with Crippen LogP contribution < -0.4 is 9.80 Å². The number of hydrogen-bond acceptors (Lipinski definition) is 2. The number of benzene rings is 2. The maximum absolute atomic E-state index is 13.7. The molecule has 0 radical (unpaired) electrons. The summed E-state index contributed by atoms with van der Waals surface area (Å²) >= 11 is 0. The van der Waals surface area contributed by atoms with Crippen molar-refractivity contribution in [1.82, 2.24) is 0 Å². The zero-order valence-electron chi connectivity index (χ0n) is 21.9. The number of anilines is 2. The molecule has 1 saturated carbocycles. The van der Waals surface area contributed by atoms with E-state index in [-0.39, 0.29) is 17.9 Å². The molecule has 2 aromatic rings. The van der Waals surface area contributed by atoms with Crippen molar-refractivity contribution in [2.24, 2.45) is 0 Å². The summed E-state index contributed by atoms with van der Waals surface area (Å²) in [6.45, 7) is 4.58. The zero-order valence-corrected chi connectivity index (χ0v) is 21.9. The number of piperidine rings is 1. The largest absolute Gasteiger partial charge is 0.323 e. The molecule has 1 aliphatic carbocycles. The molecule has 3 aliphatic rings. The molecule has 5 rings (SSSR count). The lowest BCUT2D eigenvalue weighted by atomic mass is 9.89. The van der Waals surface area contributed by atoms with Gasteiger partial charge in [-0.15, -0.1) is 0 Å². The van der Waals surface area contributed by atoms with Crippen molar-refractivity contribution in [1.29, 1.82) is 0 Å². The predicted molar refractivity (Wildman–Crippen MR) is 147 cm³/mol. The molecule has 0 N–H and O–H groups in total. The topological polar surface area (TPSA) is 40.6 Å². The Hall–Kier alpha value is -2.92. The number of carbonyl (C=O) groups is 2. The Morgan fingerprint density at radius 1 is 0.972 bits per heavy atom. The average molecular weight is 487 g/mol. The smallest absolute Gasteiger partial charge is 0.251 e. The molecule has 0 unspecified atom stereocenters. The number of rotatable bonds is 5. The Labute approximate surface area is 216 Å². The predicted octanol–water partition coefficient (Wildman–Crippen LogP) is 5.58. The lowest BCUT2D eigenvalue weighted by Gasteiger charge is -2.49. The van der Waals surface area contributed by atoms with Crippen LogP contribution in [0, 0.1) is 0 Å². The number of hydrogen-bond donors (Lipinski definition) is 0. The van der Waals surface area contributed by atoms with Gasteiger partial charge in [0.2, 0.25) is 5.91 Å². The lowest BCUT2D eigenvalue weighted by molar-refractivity contribution is -0.939. The van der Waals surface area contributed by atoms with E-state index >= 15 is 0 Å². The summed E-state index contributed by atoms with van der Waals surface area (Å²) in [4.78, 5) is 29.8. The number of fused-ring (bicyclic) bond motifs is 1. The van der Waals surface area contributed by atoms with Crippen molar-refractivity contribution in [3.05, 3.63) is 65.7 Å². The van der Waals surface area contributed by atoms with Gasteiger partial charge in [0.25, 0.3) is 5.91 Å². The van der Waals surface area contributed by atoms with Crippen LogP contribution in [0.25, 0.3) is 6.08 Å². The Kier molecular flexibility index (Phi) is 7.29. The molecule has 190 valence electrons. The second-order valence-electron chi connectivity index (χ2n) is 11.1. The van der Waals surface area contributed by atoms with Crippen molar-refractivity contribution in [2.75, 3.05) is 36.5 Å². The van der Waals surface area contributed by atoms with E-state index in [0.717, 1.165) is 66.4 Å². The van der Waals surface area contributed by atoms with E-state index < -0.39 is 0 Å². The van der Waals surface area contributed by atoms with Crippen molar-refractivity contribution in [3.63, 3.8) is 0 Å². The second kappa shape index (κ2) is 10.6. The number of likely N-dealkylation sites (tertiary alicyclic amines) is 1. The first kappa shape index (κ1) is 24.8. The molecule has 5 heteroatoms. The summed E-state index contributed by atoms with van der Waals surface area (Å²) in [5, 5.41) is 0. The van der Waals surface area contributed by atoms with Crippen LogP contribution >= 0.6 is 0 Å². The summed E-state index contributed by atoms with van der Waals surface area (Å²) in [7, 11) is 2.44. The number of amides is 2. The molecule has 5 nitrogen and oxygen atoms in total. The standard InChI is InChI=1S/C31H40N3O2/c1-24(35)32-20-17-26-14-15-28(23-30(26)32)33(31(36)16-13-25-9-5-3-6-10-25)27-18-21-34(2,22-19-27)29-11-7-4-8-12-29/h3,5-6,9-10,13-16,23,27,29H,4,7-8,11-12,17-22H2,1-2H3/q+1. The number of nitrogens with zero attached hydrogens (tertiary/aromatic N) is 3. The summed E-state index contributed by atoms with van der Waals surface area (Å²) in [6.07, 6.45) is 13.3. The van der Waals surface area contributed by atoms with Gasteiger partial charge in [-0.05, 0) is 61.4 Å². The Balaban J connectivity index is 1.41. The van der Waals surface area contributed by atoms with Gasteiger partial charge in [-0.1, -0.05) is 42.8 Å². The average Bonchev–Trinajstić information content (AvgIpc) is 3.34. The molecule has 1 saturated heterocycles. The van der Waals surface area contributed by atoms with E-state index in [1.807, 2.05) is 46.2 Å². The van der Waals surface area contributed by atoms with Crippen molar-refractivity contribution in [2.45, 2.75) is 70.4 Å². The third kappa shape index (κ3) is 5.12. The van der Waals surface area contributed by atoms with Gasteiger partial charge in [-0.2, -0.15) is 0 Å². The minimum absolute atomic E-state index is 0.0185. The van der Waals surface area contributed by atoms with Gasteiger partial charge in [-0.25, -0.2) is 0 Å². The van der Waals surface area contributed by atoms with E-state index in [2.05, 4.69) is 25.2 Å². The lowest BCUT2D eigenvalue weighted by Crippen LogP contribution is -2.60. The first-order valence-corrected chi connectivity index (χ1v) is 13.8. The highest BCUT2D eigenvalue weighted by molar-refractivity contribution is 6.05. The second-order valence-corrected chi connectivity index (χ2v) is 11.1. The maximum Gasteiger partial charge on any atom is 0.251 e. The van der Waals surface area contributed by atoms with Crippen molar-refractivity contribution in [3.8, 4) is 0 Å². The highest BCUT2D eigenvalue weighted by Crippen LogP contribution is 2.36. The highest BCUT2D eigenvalue weighted by Gasteiger charge is 2.40. The monoisotopic (exact) mass is 486 g/mol. The molecule has 36 heavy (non-hydrogen) atoms. The summed E-state index contributed by atoms with van der Waals surface area (Å²) in [6, 6.07) is 17.2. The van der Waals surface area contributed by atoms with E-state index in [4.69, 9.17) is 0 Å². The van der Waals surface area contributed by atoms with Gasteiger partial charge in [0.1, 0.15) is 0 Å². The van der Waals surface area contributed by atoms with Gasteiger partial charge < -0.3 is 14.3 Å². The van der Waals surface area contributed by atoms with Crippen LogP contribution in [0.4, 0.5) is 11.4 Å². The van der Waals surface area contributed by atoms with Gasteiger partial charge in [-0.3, -0.25) is 9.59 Å². The van der Waals surface area contributed by atoms with Gasteiger partial charge >= 0.3 is 0 Å². The zero-order chi connectivity index (χ0) is 25.1. The molecule has 2 amide bonds. The normalized spacial score (nSPS) is 24.6. The molecule has 0 bridgehead atoms. The molecule has 2 fully saturated rings. The molecule has 2 heterocycles. The van der Waals surface area contributed by atoms with Crippen LogP contribution in [0.3, 0.4) is 0 Å². The Morgan fingerprint density at radius 3 is 2.39 bits per heavy atom. The van der Waals surface area contributed by atoms with E-state index in [9.17, 15) is 9.59 Å². The van der Waals surface area contributed by atoms with Crippen LogP contribution in [0.15, 0.2) is 54.6 Å². The number of carbonyl (C=O) groups excluding carboxylic acids is 2. The van der Waals surface area contributed by atoms with Crippen LogP contribution in [0.1, 0.15) is 63.0 Å². The third-order valence-corrected chi connectivity index (χ3v) is 8.85. The summed E-state index contributed by atoms with van der Waals surface area (Å²) in [5.74, 6) is 0.0795. The maximum atomic E-state index is 13.7. The minimum atomic E-state index is 0.0185. The molecular formula is C31H40N3O2+. The quantitative estimate of drug-likeness (QED) is 0.409. The van der Waals surface area contributed by atoms with Gasteiger partial charge in [0.05, 0.1) is 26.2 Å². The van der Waals surface area contributed by atoms with E-state index in [1.54, 1.807) is 13.0 Å². The summed E-state index contributed by atoms with van der Waals surface area (Å²) < 4.78 is 1.15. The van der Waals surface area contributed by atoms with E-state index in [1.165, 1.54) is 37.7 Å². The fourth-order valence-corrected chi connectivity index (χ4v) is 6.65. The van der Waals surface area contributed by atoms with Crippen LogP contribution in [-0.2, 0) is 16.0 Å². The SMILES string of the molecule is CC(=O)N1CCc2ccc(N(C(=O)C=Cc3ccccc3)C3CC[N+](C)(C4CCCCC4)CC3)cc21. The number of quaternary nitrogens is 1.